The SMILES string of the molecule is CCc1nc(C2CCN(C(=O)CCS(=O)(=O)c3ccc4cc(Cl)ccc4c3)CC2)c[nH]1. The van der Waals surface area contributed by atoms with Gasteiger partial charge in [0.15, 0.2) is 9.84 Å². The summed E-state index contributed by atoms with van der Waals surface area (Å²) in [5.74, 6) is 1.03. The van der Waals surface area contributed by atoms with Crippen molar-refractivity contribution in [2.24, 2.45) is 0 Å². The molecule has 0 aliphatic carbocycles. The first kappa shape index (κ1) is 21.8. The van der Waals surface area contributed by atoms with Crippen LogP contribution in [0.4, 0.5) is 0 Å². The van der Waals surface area contributed by atoms with E-state index in [1.54, 1.807) is 41.3 Å². The second-order valence-corrected chi connectivity index (χ2v) is 10.5. The number of amides is 1. The molecule has 1 amide bonds. The Morgan fingerprint density at radius 3 is 2.58 bits per heavy atom. The normalized spacial score (nSPS) is 15.5. The van der Waals surface area contributed by atoms with E-state index in [-0.39, 0.29) is 23.0 Å². The van der Waals surface area contributed by atoms with Crippen LogP contribution in [-0.2, 0) is 21.1 Å². The van der Waals surface area contributed by atoms with Gasteiger partial charge in [0, 0.05) is 43.1 Å². The maximum atomic E-state index is 12.8. The molecule has 3 aromatic rings. The van der Waals surface area contributed by atoms with Gasteiger partial charge < -0.3 is 9.88 Å². The number of hydrogen-bond donors (Lipinski definition) is 1. The average molecular weight is 460 g/mol. The van der Waals surface area contributed by atoms with E-state index >= 15 is 0 Å². The number of H-pyrrole nitrogens is 1. The quantitative estimate of drug-likeness (QED) is 0.594. The number of hydrogen-bond acceptors (Lipinski definition) is 4. The van der Waals surface area contributed by atoms with Crippen LogP contribution in [0.3, 0.4) is 0 Å². The summed E-state index contributed by atoms with van der Waals surface area (Å²) in [6.45, 7) is 3.33. The molecular formula is C23H26ClN3O3S. The van der Waals surface area contributed by atoms with Crippen molar-refractivity contribution in [2.75, 3.05) is 18.8 Å². The van der Waals surface area contributed by atoms with Crippen LogP contribution >= 0.6 is 11.6 Å². The van der Waals surface area contributed by atoms with Crippen molar-refractivity contribution < 1.29 is 13.2 Å². The average Bonchev–Trinajstić information content (AvgIpc) is 3.26. The lowest BCUT2D eigenvalue weighted by Gasteiger charge is -2.31. The van der Waals surface area contributed by atoms with Gasteiger partial charge in [-0.2, -0.15) is 0 Å². The van der Waals surface area contributed by atoms with Crippen molar-refractivity contribution in [3.63, 3.8) is 0 Å². The third kappa shape index (κ3) is 4.93. The number of nitrogens with zero attached hydrogens (tertiary/aromatic N) is 2. The number of likely N-dealkylation sites (tertiary alicyclic amines) is 1. The zero-order valence-electron chi connectivity index (χ0n) is 17.5. The Labute approximate surface area is 187 Å². The van der Waals surface area contributed by atoms with Crippen LogP contribution in [0.1, 0.15) is 43.6 Å². The molecule has 164 valence electrons. The van der Waals surface area contributed by atoms with E-state index in [2.05, 4.69) is 16.9 Å². The molecule has 0 radical (unpaired) electrons. The molecular weight excluding hydrogens is 434 g/mol. The Kier molecular flexibility index (Phi) is 6.34. The first-order chi connectivity index (χ1) is 14.9. The molecule has 0 saturated carbocycles. The molecule has 4 rings (SSSR count). The monoisotopic (exact) mass is 459 g/mol. The molecule has 2 aromatic carbocycles. The van der Waals surface area contributed by atoms with Gasteiger partial charge in [0.25, 0.3) is 0 Å². The van der Waals surface area contributed by atoms with Crippen molar-refractivity contribution in [3.8, 4) is 0 Å². The number of benzene rings is 2. The molecule has 1 aromatic heterocycles. The van der Waals surface area contributed by atoms with Crippen molar-refractivity contribution in [1.29, 1.82) is 0 Å². The molecule has 1 fully saturated rings. The van der Waals surface area contributed by atoms with E-state index in [1.165, 1.54) is 0 Å². The van der Waals surface area contributed by atoms with E-state index in [0.717, 1.165) is 41.6 Å². The summed E-state index contributed by atoms with van der Waals surface area (Å²) < 4.78 is 25.6. The number of nitrogens with one attached hydrogen (secondary N) is 1. The van der Waals surface area contributed by atoms with E-state index in [1.807, 2.05) is 6.20 Å². The predicted octanol–water partition coefficient (Wildman–Crippen LogP) is 4.35. The first-order valence-corrected chi connectivity index (χ1v) is 12.6. The molecule has 1 aliphatic heterocycles. The van der Waals surface area contributed by atoms with Gasteiger partial charge in [-0.05, 0) is 47.9 Å². The van der Waals surface area contributed by atoms with Gasteiger partial charge in [0.2, 0.25) is 5.91 Å². The smallest absolute Gasteiger partial charge is 0.223 e. The molecule has 1 N–H and O–H groups in total. The second kappa shape index (κ2) is 9.01. The molecule has 1 saturated heterocycles. The van der Waals surface area contributed by atoms with Crippen LogP contribution in [0.5, 0.6) is 0 Å². The second-order valence-electron chi connectivity index (χ2n) is 8.00. The minimum atomic E-state index is -3.54. The number of aryl methyl sites for hydroxylation is 1. The number of imidazole rings is 1. The maximum absolute atomic E-state index is 12.8. The lowest BCUT2D eigenvalue weighted by Crippen LogP contribution is -2.38. The third-order valence-corrected chi connectivity index (χ3v) is 7.92. The third-order valence-electron chi connectivity index (χ3n) is 5.97. The number of sulfone groups is 1. The van der Waals surface area contributed by atoms with E-state index in [9.17, 15) is 13.2 Å². The Morgan fingerprint density at radius 2 is 1.87 bits per heavy atom. The van der Waals surface area contributed by atoms with Gasteiger partial charge in [-0.15, -0.1) is 0 Å². The lowest BCUT2D eigenvalue weighted by molar-refractivity contribution is -0.131. The summed E-state index contributed by atoms with van der Waals surface area (Å²) in [4.78, 5) is 22.5. The van der Waals surface area contributed by atoms with Crippen LogP contribution in [0.15, 0.2) is 47.5 Å². The molecule has 6 nitrogen and oxygen atoms in total. The predicted molar refractivity (Wildman–Crippen MR) is 122 cm³/mol. The molecule has 31 heavy (non-hydrogen) atoms. The first-order valence-electron chi connectivity index (χ1n) is 10.6. The van der Waals surface area contributed by atoms with Gasteiger partial charge in [0.05, 0.1) is 16.3 Å². The molecule has 8 heteroatoms. The Morgan fingerprint density at radius 1 is 1.16 bits per heavy atom. The number of carbonyl (C=O) groups is 1. The van der Waals surface area contributed by atoms with Gasteiger partial charge in [-0.1, -0.05) is 30.7 Å². The minimum Gasteiger partial charge on any atom is -0.348 e. The van der Waals surface area contributed by atoms with Gasteiger partial charge >= 0.3 is 0 Å². The van der Waals surface area contributed by atoms with Gasteiger partial charge in [0.1, 0.15) is 5.82 Å². The zero-order valence-corrected chi connectivity index (χ0v) is 19.0. The van der Waals surface area contributed by atoms with E-state index in [0.29, 0.717) is 24.0 Å². The standard InChI is InChI=1S/C23H26ClN3O3S/c1-2-22-25-15-21(26-22)16-7-10-27(11-8-16)23(28)9-12-31(29,30)20-6-4-17-13-19(24)5-3-18(17)14-20/h3-6,13-16H,2,7-12H2,1H3,(H,25,26). The van der Waals surface area contributed by atoms with Crippen LogP contribution in [0.2, 0.25) is 5.02 Å². The number of aromatic nitrogens is 2. The highest BCUT2D eigenvalue weighted by molar-refractivity contribution is 7.91. The molecule has 0 unspecified atom stereocenters. The van der Waals surface area contributed by atoms with Crippen molar-refractivity contribution >= 4 is 38.1 Å². The number of halogens is 1. The highest BCUT2D eigenvalue weighted by atomic mass is 35.5. The molecule has 1 aliphatic rings. The number of piperidine rings is 1. The summed E-state index contributed by atoms with van der Waals surface area (Å²) in [5, 5.41) is 2.30. The Balaban J connectivity index is 1.34. The fourth-order valence-corrected chi connectivity index (χ4v) is 5.52. The summed E-state index contributed by atoms with van der Waals surface area (Å²) in [6, 6.07) is 10.3. The van der Waals surface area contributed by atoms with Gasteiger partial charge in [-0.3, -0.25) is 4.79 Å². The maximum Gasteiger partial charge on any atom is 0.223 e. The Bertz CT molecular complexity index is 1200. The fraction of sp³-hybridized carbons (Fsp3) is 0.391. The number of rotatable bonds is 6. The summed E-state index contributed by atoms with van der Waals surface area (Å²) in [5.41, 5.74) is 1.06. The van der Waals surface area contributed by atoms with Crippen LogP contribution < -0.4 is 0 Å². The Hall–Kier alpha value is -2.38. The van der Waals surface area contributed by atoms with Crippen LogP contribution in [0.25, 0.3) is 10.8 Å². The number of carbonyl (C=O) groups excluding carboxylic acids is 1. The minimum absolute atomic E-state index is 0.00591. The van der Waals surface area contributed by atoms with Gasteiger partial charge in [-0.25, -0.2) is 13.4 Å². The lowest BCUT2D eigenvalue weighted by atomic mass is 9.94. The van der Waals surface area contributed by atoms with Crippen molar-refractivity contribution in [3.05, 3.63) is 59.1 Å². The highest BCUT2D eigenvalue weighted by Crippen LogP contribution is 2.28. The van der Waals surface area contributed by atoms with Crippen LogP contribution in [0, 0.1) is 0 Å². The fourth-order valence-electron chi connectivity index (χ4n) is 4.08. The topological polar surface area (TPSA) is 83.1 Å². The largest absolute Gasteiger partial charge is 0.348 e. The molecule has 2 heterocycles. The molecule has 0 spiro atoms. The van der Waals surface area contributed by atoms with E-state index in [4.69, 9.17) is 11.6 Å². The van der Waals surface area contributed by atoms with E-state index < -0.39 is 9.84 Å². The zero-order chi connectivity index (χ0) is 22.0. The van der Waals surface area contributed by atoms with Crippen molar-refractivity contribution in [2.45, 2.75) is 43.4 Å². The summed E-state index contributed by atoms with van der Waals surface area (Å²) in [6.07, 6.45) is 4.52. The van der Waals surface area contributed by atoms with Crippen molar-refractivity contribution in [1.82, 2.24) is 14.9 Å². The number of fused-ring (bicyclic) bond motifs is 1. The highest BCUT2D eigenvalue weighted by Gasteiger charge is 2.26. The summed E-state index contributed by atoms with van der Waals surface area (Å²) in [7, 11) is -3.54. The number of aromatic amines is 1. The summed E-state index contributed by atoms with van der Waals surface area (Å²) >= 11 is 5.99. The molecule has 0 atom stereocenters. The van der Waals surface area contributed by atoms with Crippen LogP contribution in [-0.4, -0.2) is 48.0 Å². The molecule has 0 bridgehead atoms.